The Morgan fingerprint density at radius 2 is 1.96 bits per heavy atom. The molecule has 0 aliphatic carbocycles. The lowest BCUT2D eigenvalue weighted by molar-refractivity contribution is 0.260. The lowest BCUT2D eigenvalue weighted by Crippen LogP contribution is -2.34. The number of aromatic nitrogens is 2. The molecule has 0 amide bonds. The van der Waals surface area contributed by atoms with Gasteiger partial charge in [0, 0.05) is 25.8 Å². The Kier molecular flexibility index (Phi) is 7.97. The third-order valence-electron chi connectivity index (χ3n) is 4.24. The van der Waals surface area contributed by atoms with E-state index in [9.17, 15) is 4.79 Å². The van der Waals surface area contributed by atoms with E-state index in [1.54, 1.807) is 13.1 Å². The van der Waals surface area contributed by atoms with E-state index >= 15 is 0 Å². The van der Waals surface area contributed by atoms with Gasteiger partial charge < -0.3 is 21.8 Å². The summed E-state index contributed by atoms with van der Waals surface area (Å²) in [5.41, 5.74) is 13.3. The molecule has 1 aromatic heterocycles. The van der Waals surface area contributed by atoms with Crippen LogP contribution in [0.3, 0.4) is 0 Å². The minimum absolute atomic E-state index is 0.000296. The molecule has 2 aromatic rings. The molecule has 7 N–H and O–H groups in total. The fourth-order valence-electron chi connectivity index (χ4n) is 2.85. The monoisotopic (exact) mass is 371 g/mol. The van der Waals surface area contributed by atoms with E-state index in [-0.39, 0.29) is 11.5 Å². The van der Waals surface area contributed by atoms with E-state index in [0.717, 1.165) is 38.0 Å². The zero-order chi connectivity index (χ0) is 19.6. The number of hydrogen-bond acceptors (Lipinski definition) is 5. The molecule has 2 rings (SSSR count). The van der Waals surface area contributed by atoms with Crippen LogP contribution >= 0.6 is 0 Å². The minimum atomic E-state index is -0.221. The van der Waals surface area contributed by atoms with Crippen molar-refractivity contribution in [2.75, 3.05) is 26.2 Å². The average molecular weight is 371 g/mol. The standard InChI is InChI=1S/C19H29N7O/c1-14-24-12-17(18(27)25-14)16-6-4-15(5-7-16)13-26(10-2-8-20)11-3-9-23-19(21)22/h4-7,12H,2-3,8-11,13,20H2,1H3,(H4,21,22,23)(H,24,25,27). The summed E-state index contributed by atoms with van der Waals surface area (Å²) in [6, 6.07) is 7.99. The number of hydrogen-bond donors (Lipinski definition) is 5. The zero-order valence-electron chi connectivity index (χ0n) is 15.8. The molecule has 0 spiro atoms. The van der Waals surface area contributed by atoms with Crippen LogP contribution in [0.4, 0.5) is 0 Å². The number of benzene rings is 1. The van der Waals surface area contributed by atoms with Gasteiger partial charge >= 0.3 is 0 Å². The Balaban J connectivity index is 2.00. The highest BCUT2D eigenvalue weighted by molar-refractivity contribution is 5.74. The summed E-state index contributed by atoms with van der Waals surface area (Å²) in [4.78, 5) is 21.3. The van der Waals surface area contributed by atoms with E-state index < -0.39 is 0 Å². The summed E-state index contributed by atoms with van der Waals surface area (Å²) >= 11 is 0. The zero-order valence-corrected chi connectivity index (χ0v) is 15.8. The van der Waals surface area contributed by atoms with Gasteiger partial charge in [-0.15, -0.1) is 0 Å². The maximum Gasteiger partial charge on any atom is 0.280 e. The molecule has 0 aliphatic heterocycles. The van der Waals surface area contributed by atoms with Crippen LogP contribution < -0.4 is 22.3 Å². The molecule has 8 heteroatoms. The van der Waals surface area contributed by atoms with E-state index in [1.165, 1.54) is 5.56 Å². The van der Waals surface area contributed by atoms with Gasteiger partial charge in [-0.05, 0) is 44.0 Å². The molecule has 0 saturated carbocycles. The fraction of sp³-hybridized carbons (Fsp3) is 0.421. The van der Waals surface area contributed by atoms with Crippen molar-refractivity contribution in [2.24, 2.45) is 11.5 Å². The van der Waals surface area contributed by atoms with Crippen LogP contribution in [0, 0.1) is 12.3 Å². The summed E-state index contributed by atoms with van der Waals surface area (Å²) in [7, 11) is 0. The highest BCUT2D eigenvalue weighted by atomic mass is 16.1. The Bertz CT molecular complexity index is 785. The third-order valence-corrected chi connectivity index (χ3v) is 4.24. The smallest absolute Gasteiger partial charge is 0.280 e. The van der Waals surface area contributed by atoms with Crippen LogP contribution in [0.1, 0.15) is 24.2 Å². The number of aryl methyl sites for hydroxylation is 1. The number of H-pyrrole nitrogens is 1. The van der Waals surface area contributed by atoms with Gasteiger partial charge in [0.25, 0.3) is 5.56 Å². The van der Waals surface area contributed by atoms with E-state index in [2.05, 4.69) is 20.2 Å². The topological polar surface area (TPSA) is 137 Å². The lowest BCUT2D eigenvalue weighted by atomic mass is 10.1. The van der Waals surface area contributed by atoms with Crippen molar-refractivity contribution in [3.05, 3.63) is 52.2 Å². The molecule has 8 nitrogen and oxygen atoms in total. The third kappa shape index (κ3) is 6.84. The van der Waals surface area contributed by atoms with Crippen LogP contribution in [0.5, 0.6) is 0 Å². The molecule has 0 radical (unpaired) electrons. The summed E-state index contributed by atoms with van der Waals surface area (Å²) in [6.07, 6.45) is 3.53. The Morgan fingerprint density at radius 1 is 1.26 bits per heavy atom. The summed E-state index contributed by atoms with van der Waals surface area (Å²) < 4.78 is 0. The second-order valence-electron chi connectivity index (χ2n) is 6.51. The number of rotatable bonds is 10. The number of nitrogens with one attached hydrogen (secondary N) is 3. The van der Waals surface area contributed by atoms with Gasteiger partial charge in [0.05, 0.1) is 5.56 Å². The van der Waals surface area contributed by atoms with Gasteiger partial charge in [-0.1, -0.05) is 24.3 Å². The molecule has 0 aliphatic rings. The number of nitrogens with zero attached hydrogens (tertiary/aromatic N) is 2. The number of aromatic amines is 1. The van der Waals surface area contributed by atoms with Gasteiger partial charge in [-0.25, -0.2) is 0 Å². The predicted octanol–water partition coefficient (Wildman–Crippen LogP) is 0.769. The second kappa shape index (κ2) is 10.4. The van der Waals surface area contributed by atoms with Crippen LogP contribution in [0.25, 0.3) is 11.1 Å². The normalized spacial score (nSPS) is 10.9. The molecule has 0 saturated heterocycles. The first-order valence-corrected chi connectivity index (χ1v) is 9.15. The van der Waals surface area contributed by atoms with Crippen molar-refractivity contribution >= 4 is 5.96 Å². The van der Waals surface area contributed by atoms with Gasteiger partial charge in [0.15, 0.2) is 5.96 Å². The van der Waals surface area contributed by atoms with E-state index in [4.69, 9.17) is 16.9 Å². The summed E-state index contributed by atoms with van der Waals surface area (Å²) in [5.74, 6) is 0.606. The SMILES string of the molecule is Cc1nc(=O)c(-c2ccc(CN(CCCN)CCCNC(=N)N)cc2)c[nH]1. The van der Waals surface area contributed by atoms with Crippen LogP contribution in [0.2, 0.25) is 0 Å². The molecule has 1 heterocycles. The second-order valence-corrected chi connectivity index (χ2v) is 6.51. The van der Waals surface area contributed by atoms with E-state index in [0.29, 0.717) is 24.5 Å². The molecule has 1 aromatic carbocycles. The molecule has 0 atom stereocenters. The number of nitrogens with two attached hydrogens (primary N) is 2. The quantitative estimate of drug-likeness (QED) is 0.238. The van der Waals surface area contributed by atoms with Crippen molar-refractivity contribution in [1.29, 1.82) is 5.41 Å². The first-order chi connectivity index (χ1) is 13.0. The van der Waals surface area contributed by atoms with Gasteiger partial charge in [-0.3, -0.25) is 15.1 Å². The molecular weight excluding hydrogens is 342 g/mol. The van der Waals surface area contributed by atoms with E-state index in [1.807, 2.05) is 24.3 Å². The first-order valence-electron chi connectivity index (χ1n) is 9.15. The molecule has 146 valence electrons. The molecule has 0 fully saturated rings. The van der Waals surface area contributed by atoms with Gasteiger partial charge in [0.2, 0.25) is 0 Å². The van der Waals surface area contributed by atoms with Crippen molar-refractivity contribution in [3.8, 4) is 11.1 Å². The van der Waals surface area contributed by atoms with Crippen molar-refractivity contribution in [1.82, 2.24) is 20.2 Å². The predicted molar refractivity (Wildman–Crippen MR) is 109 cm³/mol. The van der Waals surface area contributed by atoms with Crippen molar-refractivity contribution < 1.29 is 0 Å². The fourth-order valence-corrected chi connectivity index (χ4v) is 2.85. The van der Waals surface area contributed by atoms with Gasteiger partial charge in [-0.2, -0.15) is 4.98 Å². The average Bonchev–Trinajstić information content (AvgIpc) is 2.63. The Hall–Kier alpha value is -2.71. The minimum Gasteiger partial charge on any atom is -0.370 e. The highest BCUT2D eigenvalue weighted by Crippen LogP contribution is 2.16. The summed E-state index contributed by atoms with van der Waals surface area (Å²) in [5, 5.41) is 10.0. The van der Waals surface area contributed by atoms with Crippen LogP contribution in [0.15, 0.2) is 35.3 Å². The lowest BCUT2D eigenvalue weighted by Gasteiger charge is -2.22. The maximum atomic E-state index is 12.0. The molecule has 0 unspecified atom stereocenters. The largest absolute Gasteiger partial charge is 0.370 e. The van der Waals surface area contributed by atoms with Crippen molar-refractivity contribution in [2.45, 2.75) is 26.3 Å². The molecular formula is C19H29N7O. The Labute approximate surface area is 159 Å². The highest BCUT2D eigenvalue weighted by Gasteiger charge is 2.08. The van der Waals surface area contributed by atoms with Crippen LogP contribution in [-0.2, 0) is 6.54 Å². The van der Waals surface area contributed by atoms with Crippen LogP contribution in [-0.4, -0.2) is 47.0 Å². The number of guanidine groups is 1. The molecule has 27 heavy (non-hydrogen) atoms. The van der Waals surface area contributed by atoms with Crippen molar-refractivity contribution in [3.63, 3.8) is 0 Å². The first kappa shape index (κ1) is 20.6. The maximum absolute atomic E-state index is 12.0. The van der Waals surface area contributed by atoms with Gasteiger partial charge in [0.1, 0.15) is 5.82 Å². The summed E-state index contributed by atoms with van der Waals surface area (Å²) in [6.45, 7) is 5.71. The Morgan fingerprint density at radius 3 is 2.59 bits per heavy atom. The molecule has 0 bridgehead atoms.